The van der Waals surface area contributed by atoms with E-state index in [1.54, 1.807) is 18.4 Å². The molecule has 0 saturated heterocycles. The molecular weight excluding hydrogens is 413 g/mol. The summed E-state index contributed by atoms with van der Waals surface area (Å²) in [5.41, 5.74) is 8.46. The van der Waals surface area contributed by atoms with Crippen LogP contribution in [-0.2, 0) is 0 Å². The molecule has 5 heteroatoms. The van der Waals surface area contributed by atoms with Crippen LogP contribution >= 0.6 is 49.9 Å². The van der Waals surface area contributed by atoms with Crippen molar-refractivity contribution in [2.75, 3.05) is 7.11 Å². The van der Waals surface area contributed by atoms with Gasteiger partial charge in [0.2, 0.25) is 0 Å². The smallest absolute Gasteiger partial charge is 0.133 e. The van der Waals surface area contributed by atoms with E-state index < -0.39 is 0 Å². The summed E-state index contributed by atoms with van der Waals surface area (Å²) in [4.78, 5) is 0. The van der Waals surface area contributed by atoms with Crippen molar-refractivity contribution >= 4 is 49.9 Å². The molecule has 2 aromatic rings. The first-order valence-electron chi connectivity index (χ1n) is 4.94. The Kier molecular flexibility index (Phi) is 4.46. The molecule has 1 heterocycles. The Morgan fingerprint density at radius 1 is 1.35 bits per heavy atom. The Morgan fingerprint density at radius 3 is 2.65 bits per heavy atom. The first-order chi connectivity index (χ1) is 8.11. The fraction of sp³-hybridized carbons (Fsp3) is 0.167. The second-order valence-electron chi connectivity index (χ2n) is 3.56. The number of rotatable bonds is 3. The Balaban J connectivity index is 2.31. The van der Waals surface area contributed by atoms with Gasteiger partial charge in [0, 0.05) is 0 Å². The predicted octanol–water partition coefficient (Wildman–Crippen LogP) is 4.17. The first kappa shape index (κ1) is 13.3. The second kappa shape index (κ2) is 5.69. The van der Waals surface area contributed by atoms with E-state index in [-0.39, 0.29) is 6.04 Å². The molecule has 0 spiro atoms. The van der Waals surface area contributed by atoms with Crippen LogP contribution in [0.5, 0.6) is 5.75 Å². The lowest BCUT2D eigenvalue weighted by Gasteiger charge is -2.12. The van der Waals surface area contributed by atoms with Gasteiger partial charge < -0.3 is 10.5 Å². The molecule has 0 radical (unpaired) electrons. The zero-order valence-electron chi connectivity index (χ0n) is 9.11. The van der Waals surface area contributed by atoms with Gasteiger partial charge in [-0.05, 0) is 73.2 Å². The van der Waals surface area contributed by atoms with Crippen molar-refractivity contribution in [1.29, 1.82) is 0 Å². The molecule has 1 atom stereocenters. The summed E-state index contributed by atoms with van der Waals surface area (Å²) in [6, 6.07) is 7.97. The maximum absolute atomic E-state index is 6.23. The van der Waals surface area contributed by atoms with Gasteiger partial charge in [0.1, 0.15) is 5.75 Å². The molecule has 1 aromatic carbocycles. The lowest BCUT2D eigenvalue weighted by Crippen LogP contribution is -2.10. The molecule has 0 aliphatic carbocycles. The van der Waals surface area contributed by atoms with E-state index in [1.165, 1.54) is 2.88 Å². The zero-order chi connectivity index (χ0) is 12.4. The van der Waals surface area contributed by atoms with Crippen molar-refractivity contribution in [3.63, 3.8) is 0 Å². The highest BCUT2D eigenvalue weighted by Crippen LogP contribution is 2.31. The van der Waals surface area contributed by atoms with Gasteiger partial charge in [0.05, 0.1) is 20.5 Å². The fourth-order valence-corrected chi connectivity index (χ4v) is 3.52. The molecule has 2 nitrogen and oxygen atoms in total. The standard InChI is InChI=1S/C12H11BrINOS/c1-16-10-3-2-7(4-9(10)13)12(15)8-5-11(14)17-6-8/h2-6,12H,15H2,1H3. The van der Waals surface area contributed by atoms with Crippen molar-refractivity contribution in [2.45, 2.75) is 6.04 Å². The fourth-order valence-electron chi connectivity index (χ4n) is 1.56. The molecule has 1 aromatic heterocycles. The summed E-state index contributed by atoms with van der Waals surface area (Å²) < 4.78 is 7.38. The van der Waals surface area contributed by atoms with E-state index in [0.717, 1.165) is 21.3 Å². The highest BCUT2D eigenvalue weighted by Gasteiger charge is 2.12. The van der Waals surface area contributed by atoms with Crippen molar-refractivity contribution in [2.24, 2.45) is 5.73 Å². The van der Waals surface area contributed by atoms with Crippen LogP contribution < -0.4 is 10.5 Å². The summed E-state index contributed by atoms with van der Waals surface area (Å²) in [7, 11) is 1.65. The van der Waals surface area contributed by atoms with Gasteiger partial charge in [-0.15, -0.1) is 11.3 Å². The molecule has 0 bridgehead atoms. The molecule has 17 heavy (non-hydrogen) atoms. The average Bonchev–Trinajstić information content (AvgIpc) is 2.75. The zero-order valence-corrected chi connectivity index (χ0v) is 13.7. The van der Waals surface area contributed by atoms with Crippen molar-refractivity contribution < 1.29 is 4.74 Å². The largest absolute Gasteiger partial charge is 0.496 e. The number of hydrogen-bond donors (Lipinski definition) is 1. The van der Waals surface area contributed by atoms with Gasteiger partial charge >= 0.3 is 0 Å². The molecule has 0 aliphatic heterocycles. The van der Waals surface area contributed by atoms with E-state index in [9.17, 15) is 0 Å². The number of hydrogen-bond acceptors (Lipinski definition) is 3. The van der Waals surface area contributed by atoms with E-state index in [4.69, 9.17) is 10.5 Å². The van der Waals surface area contributed by atoms with Crippen LogP contribution in [-0.4, -0.2) is 7.11 Å². The van der Waals surface area contributed by atoms with Crippen molar-refractivity contribution in [3.8, 4) is 5.75 Å². The van der Waals surface area contributed by atoms with E-state index in [0.29, 0.717) is 0 Å². The quantitative estimate of drug-likeness (QED) is 0.752. The number of methoxy groups -OCH3 is 1. The summed E-state index contributed by atoms with van der Waals surface area (Å²) in [5.74, 6) is 0.820. The minimum absolute atomic E-state index is 0.0861. The van der Waals surface area contributed by atoms with Crippen molar-refractivity contribution in [1.82, 2.24) is 0 Å². The summed E-state index contributed by atoms with van der Waals surface area (Å²) >= 11 is 7.49. The third kappa shape index (κ3) is 3.01. The first-order valence-corrected chi connectivity index (χ1v) is 7.70. The van der Waals surface area contributed by atoms with Gasteiger partial charge in [0.25, 0.3) is 0 Å². The molecule has 0 aliphatic rings. The van der Waals surface area contributed by atoms with E-state index >= 15 is 0 Å². The molecule has 0 fully saturated rings. The van der Waals surface area contributed by atoms with Crippen LogP contribution in [0.15, 0.2) is 34.1 Å². The lowest BCUT2D eigenvalue weighted by atomic mass is 10.0. The molecule has 0 amide bonds. The van der Waals surface area contributed by atoms with Gasteiger partial charge in [-0.3, -0.25) is 0 Å². The van der Waals surface area contributed by atoms with Gasteiger partial charge in [-0.2, -0.15) is 0 Å². The number of ether oxygens (including phenoxy) is 1. The van der Waals surface area contributed by atoms with Crippen LogP contribution in [0.2, 0.25) is 0 Å². The minimum Gasteiger partial charge on any atom is -0.496 e. The molecule has 90 valence electrons. The molecule has 0 saturated carbocycles. The normalized spacial score (nSPS) is 12.5. The van der Waals surface area contributed by atoms with Crippen LogP contribution in [0.4, 0.5) is 0 Å². The summed E-state index contributed by atoms with van der Waals surface area (Å²) in [6.07, 6.45) is 0. The Hall–Kier alpha value is -0.110. The highest BCUT2D eigenvalue weighted by molar-refractivity contribution is 14.1. The number of halogens is 2. The monoisotopic (exact) mass is 423 g/mol. The summed E-state index contributed by atoms with van der Waals surface area (Å²) in [5, 5.41) is 2.10. The second-order valence-corrected chi connectivity index (χ2v) is 7.22. The maximum atomic E-state index is 6.23. The summed E-state index contributed by atoms with van der Waals surface area (Å²) in [6.45, 7) is 0. The predicted molar refractivity (Wildman–Crippen MR) is 83.8 cm³/mol. The topological polar surface area (TPSA) is 35.2 Å². The van der Waals surface area contributed by atoms with Crippen LogP contribution in [0.1, 0.15) is 17.2 Å². The van der Waals surface area contributed by atoms with E-state index in [1.807, 2.05) is 18.2 Å². The number of benzene rings is 1. The Morgan fingerprint density at radius 2 is 2.12 bits per heavy atom. The molecule has 2 rings (SSSR count). The van der Waals surface area contributed by atoms with Gasteiger partial charge in [-0.25, -0.2) is 0 Å². The molecule has 1 unspecified atom stereocenters. The van der Waals surface area contributed by atoms with E-state index in [2.05, 4.69) is 50.0 Å². The Labute approximate surface area is 126 Å². The van der Waals surface area contributed by atoms with Crippen LogP contribution in [0, 0.1) is 2.88 Å². The van der Waals surface area contributed by atoms with Crippen LogP contribution in [0.3, 0.4) is 0 Å². The lowest BCUT2D eigenvalue weighted by molar-refractivity contribution is 0.412. The Bertz CT molecular complexity index is 529. The SMILES string of the molecule is COc1ccc(C(N)c2csc(I)c2)cc1Br. The van der Waals surface area contributed by atoms with Gasteiger partial charge in [0.15, 0.2) is 0 Å². The maximum Gasteiger partial charge on any atom is 0.133 e. The highest BCUT2D eigenvalue weighted by atomic mass is 127. The minimum atomic E-state index is -0.0861. The number of thiophene rings is 1. The van der Waals surface area contributed by atoms with Crippen LogP contribution in [0.25, 0.3) is 0 Å². The third-order valence-electron chi connectivity index (χ3n) is 2.48. The van der Waals surface area contributed by atoms with Gasteiger partial charge in [-0.1, -0.05) is 6.07 Å². The van der Waals surface area contributed by atoms with Crippen molar-refractivity contribution in [3.05, 3.63) is 48.1 Å². The average molecular weight is 424 g/mol. The molecular formula is C12H11BrINOS. The third-order valence-corrected chi connectivity index (χ3v) is 4.91. The molecule has 2 N–H and O–H groups in total. The number of nitrogens with two attached hydrogens (primary N) is 1.